The molecule has 0 spiro atoms. The number of nitrogens with zero attached hydrogens (tertiary/aromatic N) is 1. The molecule has 4 heteroatoms. The molecular formula is C13H9Cl2NO. The van der Waals surface area contributed by atoms with E-state index in [1.807, 2.05) is 18.2 Å². The fourth-order valence-electron chi connectivity index (χ4n) is 1.38. The molecule has 0 N–H and O–H groups in total. The monoisotopic (exact) mass is 265 g/mol. The summed E-state index contributed by atoms with van der Waals surface area (Å²) in [5, 5.41) is 0.586. The molecule has 0 aliphatic carbocycles. The Balaban J connectivity index is 2.23. The van der Waals surface area contributed by atoms with Gasteiger partial charge in [0.15, 0.2) is 0 Å². The van der Waals surface area contributed by atoms with E-state index >= 15 is 0 Å². The van der Waals surface area contributed by atoms with Crippen LogP contribution in [-0.4, -0.2) is 5.91 Å². The Bertz CT molecular complexity index is 511. The molecule has 0 heterocycles. The third kappa shape index (κ3) is 2.78. The van der Waals surface area contributed by atoms with Crippen molar-refractivity contribution < 1.29 is 4.79 Å². The zero-order valence-corrected chi connectivity index (χ0v) is 10.3. The first kappa shape index (κ1) is 12.0. The normalized spacial score (nSPS) is 10.0. The van der Waals surface area contributed by atoms with Crippen LogP contribution in [0.15, 0.2) is 54.6 Å². The van der Waals surface area contributed by atoms with E-state index in [0.717, 1.165) is 4.42 Å². The second kappa shape index (κ2) is 5.21. The molecule has 1 amide bonds. The van der Waals surface area contributed by atoms with Gasteiger partial charge in [-0.1, -0.05) is 29.8 Å². The van der Waals surface area contributed by atoms with Gasteiger partial charge in [-0.2, -0.15) is 0 Å². The fourth-order valence-corrected chi connectivity index (χ4v) is 1.72. The van der Waals surface area contributed by atoms with Gasteiger partial charge >= 0.3 is 0 Å². The largest absolute Gasteiger partial charge is 0.272 e. The molecule has 0 bridgehead atoms. The van der Waals surface area contributed by atoms with E-state index in [4.69, 9.17) is 23.4 Å². The summed E-state index contributed by atoms with van der Waals surface area (Å²) in [7, 11) is 0. The summed E-state index contributed by atoms with van der Waals surface area (Å²) in [6, 6.07) is 15.6. The smallest absolute Gasteiger partial charge is 0.267 e. The van der Waals surface area contributed by atoms with Gasteiger partial charge in [-0.3, -0.25) is 4.79 Å². The summed E-state index contributed by atoms with van der Waals surface area (Å²) in [6.45, 7) is 0. The van der Waals surface area contributed by atoms with Gasteiger partial charge in [0.25, 0.3) is 5.91 Å². The van der Waals surface area contributed by atoms with E-state index in [0.29, 0.717) is 16.3 Å². The van der Waals surface area contributed by atoms with Crippen molar-refractivity contribution in [2.45, 2.75) is 0 Å². The maximum atomic E-state index is 12.0. The molecule has 2 rings (SSSR count). The molecule has 0 radical (unpaired) electrons. The summed E-state index contributed by atoms with van der Waals surface area (Å²) < 4.78 is 1.09. The highest BCUT2D eigenvalue weighted by Crippen LogP contribution is 2.19. The molecule has 0 aliphatic rings. The van der Waals surface area contributed by atoms with Gasteiger partial charge in [0.1, 0.15) is 0 Å². The van der Waals surface area contributed by atoms with Gasteiger partial charge in [-0.25, -0.2) is 4.42 Å². The average molecular weight is 266 g/mol. The molecule has 0 aromatic heterocycles. The number of halogens is 2. The fraction of sp³-hybridized carbons (Fsp3) is 0. The molecule has 0 fully saturated rings. The zero-order valence-electron chi connectivity index (χ0n) is 8.81. The van der Waals surface area contributed by atoms with Crippen LogP contribution >= 0.6 is 23.4 Å². The highest BCUT2D eigenvalue weighted by molar-refractivity contribution is 6.39. The van der Waals surface area contributed by atoms with Crippen molar-refractivity contribution in [3.05, 3.63) is 65.2 Å². The third-order valence-electron chi connectivity index (χ3n) is 2.25. The minimum Gasteiger partial charge on any atom is -0.267 e. The van der Waals surface area contributed by atoms with Crippen molar-refractivity contribution in [3.63, 3.8) is 0 Å². The van der Waals surface area contributed by atoms with Gasteiger partial charge < -0.3 is 0 Å². The lowest BCUT2D eigenvalue weighted by molar-refractivity contribution is 0.101. The molecule has 17 heavy (non-hydrogen) atoms. The van der Waals surface area contributed by atoms with E-state index in [9.17, 15) is 4.79 Å². The first-order valence-corrected chi connectivity index (χ1v) is 5.71. The molecule has 0 aliphatic heterocycles. The lowest BCUT2D eigenvalue weighted by Crippen LogP contribution is -2.20. The van der Waals surface area contributed by atoms with Crippen LogP contribution in [0, 0.1) is 0 Å². The van der Waals surface area contributed by atoms with Gasteiger partial charge in [0.2, 0.25) is 0 Å². The Morgan fingerprint density at radius 1 is 0.941 bits per heavy atom. The first-order chi connectivity index (χ1) is 8.18. The number of rotatable bonds is 2. The minimum atomic E-state index is -0.283. The summed E-state index contributed by atoms with van der Waals surface area (Å²) in [4.78, 5) is 12.0. The predicted molar refractivity (Wildman–Crippen MR) is 70.6 cm³/mol. The van der Waals surface area contributed by atoms with Crippen molar-refractivity contribution in [3.8, 4) is 0 Å². The maximum Gasteiger partial charge on any atom is 0.272 e. The van der Waals surface area contributed by atoms with Gasteiger partial charge in [-0.05, 0) is 36.4 Å². The highest BCUT2D eigenvalue weighted by atomic mass is 35.5. The van der Waals surface area contributed by atoms with E-state index < -0.39 is 0 Å². The standard InChI is InChI=1S/C13H9Cl2NO/c14-11-8-6-10(7-9-11)13(17)16(15)12-4-2-1-3-5-12/h1-9H. The molecule has 2 nitrogen and oxygen atoms in total. The number of hydrogen-bond donors (Lipinski definition) is 0. The second-order valence-electron chi connectivity index (χ2n) is 3.43. The highest BCUT2D eigenvalue weighted by Gasteiger charge is 2.14. The quantitative estimate of drug-likeness (QED) is 0.748. The van der Waals surface area contributed by atoms with E-state index in [1.165, 1.54) is 0 Å². The van der Waals surface area contributed by atoms with Crippen LogP contribution in [0.25, 0.3) is 0 Å². The molecule has 2 aromatic carbocycles. The lowest BCUT2D eigenvalue weighted by atomic mass is 10.2. The zero-order chi connectivity index (χ0) is 12.3. The summed E-state index contributed by atoms with van der Waals surface area (Å²) in [6.07, 6.45) is 0. The summed E-state index contributed by atoms with van der Waals surface area (Å²) in [5.74, 6) is -0.283. The number of carbonyl (C=O) groups excluding carboxylic acids is 1. The van der Waals surface area contributed by atoms with Crippen LogP contribution in [0.3, 0.4) is 0 Å². The Labute approximate surface area is 109 Å². The van der Waals surface area contributed by atoms with Gasteiger partial charge in [0, 0.05) is 22.4 Å². The van der Waals surface area contributed by atoms with Crippen molar-refractivity contribution in [2.75, 3.05) is 4.42 Å². The predicted octanol–water partition coefficient (Wildman–Crippen LogP) is 4.14. The van der Waals surface area contributed by atoms with Crippen LogP contribution in [0.5, 0.6) is 0 Å². The average Bonchev–Trinajstić information content (AvgIpc) is 2.39. The topological polar surface area (TPSA) is 20.3 Å². The summed E-state index contributed by atoms with van der Waals surface area (Å²) >= 11 is 11.7. The van der Waals surface area contributed by atoms with Crippen LogP contribution in [0.1, 0.15) is 10.4 Å². The SMILES string of the molecule is O=C(c1ccc(Cl)cc1)N(Cl)c1ccccc1. The van der Waals surface area contributed by atoms with Crippen molar-refractivity contribution in [2.24, 2.45) is 0 Å². The molecule has 0 atom stereocenters. The first-order valence-electron chi connectivity index (χ1n) is 4.99. The van der Waals surface area contributed by atoms with Crippen molar-refractivity contribution >= 4 is 35.0 Å². The lowest BCUT2D eigenvalue weighted by Gasteiger charge is -2.13. The number of hydrogen-bond acceptors (Lipinski definition) is 1. The van der Waals surface area contributed by atoms with Crippen LogP contribution in [-0.2, 0) is 0 Å². The third-order valence-corrected chi connectivity index (χ3v) is 2.85. The molecular weight excluding hydrogens is 257 g/mol. The number of carbonyl (C=O) groups is 1. The minimum absolute atomic E-state index is 0.283. The molecule has 0 saturated heterocycles. The Hall–Kier alpha value is -1.51. The van der Waals surface area contributed by atoms with E-state index in [-0.39, 0.29) is 5.91 Å². The van der Waals surface area contributed by atoms with Crippen LogP contribution in [0.4, 0.5) is 5.69 Å². The van der Waals surface area contributed by atoms with Crippen molar-refractivity contribution in [1.82, 2.24) is 0 Å². The molecule has 2 aromatic rings. The Kier molecular flexibility index (Phi) is 3.67. The second-order valence-corrected chi connectivity index (χ2v) is 4.20. The number of para-hydroxylation sites is 1. The Morgan fingerprint density at radius 2 is 1.53 bits per heavy atom. The Morgan fingerprint density at radius 3 is 2.12 bits per heavy atom. The maximum absolute atomic E-state index is 12.0. The number of anilines is 1. The van der Waals surface area contributed by atoms with E-state index in [1.54, 1.807) is 36.4 Å². The number of benzene rings is 2. The van der Waals surface area contributed by atoms with Crippen molar-refractivity contribution in [1.29, 1.82) is 0 Å². The molecule has 0 unspecified atom stereocenters. The number of amides is 1. The molecule has 86 valence electrons. The van der Waals surface area contributed by atoms with Gasteiger partial charge in [0.05, 0.1) is 5.69 Å². The van der Waals surface area contributed by atoms with Gasteiger partial charge in [-0.15, -0.1) is 0 Å². The molecule has 0 saturated carbocycles. The summed E-state index contributed by atoms with van der Waals surface area (Å²) in [5.41, 5.74) is 1.13. The van der Waals surface area contributed by atoms with Crippen LogP contribution in [0.2, 0.25) is 5.02 Å². The van der Waals surface area contributed by atoms with E-state index in [2.05, 4.69) is 0 Å². The van der Waals surface area contributed by atoms with Crippen LogP contribution < -0.4 is 4.42 Å².